The maximum Gasteiger partial charge on any atom is 0.253 e. The molecule has 3 rings (SSSR count). The molecular formula is C20H24N6O3S. The molecule has 2 N–H and O–H groups in total. The summed E-state index contributed by atoms with van der Waals surface area (Å²) < 4.78 is 7.01. The van der Waals surface area contributed by atoms with Gasteiger partial charge in [-0.3, -0.25) is 9.59 Å². The predicted octanol–water partition coefficient (Wildman–Crippen LogP) is 2.16. The Hall–Kier alpha value is -3.14. The highest BCUT2D eigenvalue weighted by atomic mass is 32.2. The van der Waals surface area contributed by atoms with Crippen LogP contribution in [0.5, 0.6) is 5.75 Å². The molecule has 1 aromatic carbocycles. The molecule has 30 heavy (non-hydrogen) atoms. The van der Waals surface area contributed by atoms with Gasteiger partial charge in [-0.25, -0.2) is 9.50 Å². The quantitative estimate of drug-likeness (QED) is 0.529. The van der Waals surface area contributed by atoms with Crippen molar-refractivity contribution < 1.29 is 14.3 Å². The van der Waals surface area contributed by atoms with Crippen LogP contribution in [0.3, 0.4) is 0 Å². The summed E-state index contributed by atoms with van der Waals surface area (Å²) in [6, 6.07) is 7.05. The van der Waals surface area contributed by atoms with E-state index in [0.717, 1.165) is 17.0 Å². The summed E-state index contributed by atoms with van der Waals surface area (Å²) in [4.78, 5) is 33.3. The highest BCUT2D eigenvalue weighted by molar-refractivity contribution is 7.98. The Morgan fingerprint density at radius 1 is 1.13 bits per heavy atom. The van der Waals surface area contributed by atoms with Gasteiger partial charge in [0.25, 0.3) is 5.78 Å². The Bertz CT molecular complexity index is 1060. The number of ether oxygens (including phenoxy) is 1. The molecule has 0 saturated carbocycles. The second kappa shape index (κ2) is 9.57. The minimum atomic E-state index is -0.310. The number of anilines is 1. The van der Waals surface area contributed by atoms with Crippen LogP contribution >= 0.6 is 11.8 Å². The van der Waals surface area contributed by atoms with E-state index in [1.165, 1.54) is 11.8 Å². The number of aromatic nitrogens is 4. The van der Waals surface area contributed by atoms with Crippen LogP contribution in [0.4, 0.5) is 5.69 Å². The molecule has 0 bridgehead atoms. The minimum absolute atomic E-state index is 0.103. The molecule has 9 nitrogen and oxygen atoms in total. The highest BCUT2D eigenvalue weighted by Gasteiger charge is 2.16. The topological polar surface area (TPSA) is 111 Å². The van der Waals surface area contributed by atoms with Crippen molar-refractivity contribution in [3.05, 3.63) is 41.2 Å². The van der Waals surface area contributed by atoms with Gasteiger partial charge >= 0.3 is 0 Å². The molecule has 0 aliphatic heterocycles. The van der Waals surface area contributed by atoms with E-state index in [0.29, 0.717) is 28.9 Å². The number of hydrogen-bond donors (Lipinski definition) is 2. The average molecular weight is 429 g/mol. The predicted molar refractivity (Wildman–Crippen MR) is 115 cm³/mol. The Morgan fingerprint density at radius 2 is 1.87 bits per heavy atom. The van der Waals surface area contributed by atoms with Gasteiger partial charge < -0.3 is 15.4 Å². The van der Waals surface area contributed by atoms with Crippen molar-refractivity contribution in [1.82, 2.24) is 24.9 Å². The summed E-state index contributed by atoms with van der Waals surface area (Å²) in [5, 5.41) is 10.4. The molecule has 0 radical (unpaired) electrons. The zero-order chi connectivity index (χ0) is 21.7. The molecule has 10 heteroatoms. The van der Waals surface area contributed by atoms with Crippen LogP contribution in [0.2, 0.25) is 0 Å². The van der Waals surface area contributed by atoms with Gasteiger partial charge in [-0.2, -0.15) is 4.98 Å². The maximum atomic E-state index is 12.4. The van der Waals surface area contributed by atoms with Gasteiger partial charge in [0.1, 0.15) is 5.75 Å². The monoisotopic (exact) mass is 428 g/mol. The molecule has 2 aromatic heterocycles. The first-order valence-corrected chi connectivity index (χ1v) is 10.7. The summed E-state index contributed by atoms with van der Waals surface area (Å²) >= 11 is 1.43. The molecule has 0 aliphatic rings. The van der Waals surface area contributed by atoms with Gasteiger partial charge in [-0.15, -0.1) is 5.10 Å². The number of benzene rings is 1. The van der Waals surface area contributed by atoms with Crippen LogP contribution < -0.4 is 15.4 Å². The Kier molecular flexibility index (Phi) is 6.88. The third-order valence-electron chi connectivity index (χ3n) is 4.44. The van der Waals surface area contributed by atoms with Crippen LogP contribution in [-0.4, -0.2) is 50.8 Å². The van der Waals surface area contributed by atoms with E-state index in [1.807, 2.05) is 27.0 Å². The number of hydrogen-bond acceptors (Lipinski definition) is 7. The van der Waals surface area contributed by atoms with Crippen molar-refractivity contribution in [2.24, 2.45) is 0 Å². The Labute approximate surface area is 178 Å². The van der Waals surface area contributed by atoms with E-state index >= 15 is 0 Å². The lowest BCUT2D eigenvalue weighted by Gasteiger charge is -2.11. The fourth-order valence-corrected chi connectivity index (χ4v) is 3.28. The van der Waals surface area contributed by atoms with E-state index in [1.54, 1.807) is 28.8 Å². The lowest BCUT2D eigenvalue weighted by molar-refractivity contribution is -0.123. The van der Waals surface area contributed by atoms with Crippen molar-refractivity contribution in [1.29, 1.82) is 0 Å². The first kappa shape index (κ1) is 21.6. The second-order valence-corrected chi connectivity index (χ2v) is 7.30. The molecule has 0 aliphatic carbocycles. The fourth-order valence-electron chi connectivity index (χ4n) is 2.94. The number of carbonyl (C=O) groups is 2. The molecule has 2 heterocycles. The summed E-state index contributed by atoms with van der Waals surface area (Å²) in [5.74, 6) is 0.662. The zero-order valence-corrected chi connectivity index (χ0v) is 18.2. The summed E-state index contributed by atoms with van der Waals surface area (Å²) in [6.45, 7) is 6.07. The van der Waals surface area contributed by atoms with Crippen molar-refractivity contribution in [3.8, 4) is 5.75 Å². The molecule has 0 atom stereocenters. The van der Waals surface area contributed by atoms with Gasteiger partial charge in [-0.1, -0.05) is 11.8 Å². The van der Waals surface area contributed by atoms with Gasteiger partial charge in [0.05, 0.1) is 19.6 Å². The van der Waals surface area contributed by atoms with Crippen molar-refractivity contribution in [3.63, 3.8) is 0 Å². The first-order valence-electron chi connectivity index (χ1n) is 9.47. The SMILES string of the molecule is CCOc1ccc(NC(=O)CNC(=O)Cc2c(C)nc3nc(SC)nn3c2C)cc1. The van der Waals surface area contributed by atoms with Crippen molar-refractivity contribution in [2.75, 3.05) is 24.7 Å². The minimum Gasteiger partial charge on any atom is -0.494 e. The number of nitrogens with one attached hydrogen (secondary N) is 2. The lowest BCUT2D eigenvalue weighted by Crippen LogP contribution is -2.34. The van der Waals surface area contributed by atoms with E-state index in [4.69, 9.17) is 4.74 Å². The molecular weight excluding hydrogens is 404 g/mol. The number of aryl methyl sites for hydroxylation is 2. The van der Waals surface area contributed by atoms with E-state index in [2.05, 4.69) is 25.7 Å². The number of rotatable bonds is 8. The molecule has 0 saturated heterocycles. The van der Waals surface area contributed by atoms with E-state index < -0.39 is 0 Å². The van der Waals surface area contributed by atoms with Crippen molar-refractivity contribution >= 4 is 35.0 Å². The Balaban J connectivity index is 1.58. The first-order chi connectivity index (χ1) is 14.4. The van der Waals surface area contributed by atoms with E-state index in [-0.39, 0.29) is 24.8 Å². The second-order valence-electron chi connectivity index (χ2n) is 6.53. The molecule has 3 aromatic rings. The number of carbonyl (C=O) groups excluding carboxylic acids is 2. The molecule has 2 amide bonds. The zero-order valence-electron chi connectivity index (χ0n) is 17.4. The van der Waals surface area contributed by atoms with Crippen LogP contribution in [0, 0.1) is 13.8 Å². The van der Waals surface area contributed by atoms with Gasteiger partial charge in [-0.05, 0) is 51.3 Å². The average Bonchev–Trinajstić information content (AvgIpc) is 3.14. The standard InChI is InChI=1S/C20H24N6O3S/c1-5-29-15-8-6-14(7-9-15)23-18(28)11-21-17(27)10-16-12(2)22-19-24-20(30-4)25-26(19)13(16)3/h6-9H,5,10-11H2,1-4H3,(H,21,27)(H,23,28). The maximum absolute atomic E-state index is 12.4. The van der Waals surface area contributed by atoms with Crippen LogP contribution in [-0.2, 0) is 16.0 Å². The number of nitrogens with zero attached hydrogens (tertiary/aromatic N) is 4. The third-order valence-corrected chi connectivity index (χ3v) is 4.98. The fraction of sp³-hybridized carbons (Fsp3) is 0.350. The summed E-state index contributed by atoms with van der Waals surface area (Å²) in [7, 11) is 0. The Morgan fingerprint density at radius 3 is 2.53 bits per heavy atom. The van der Waals surface area contributed by atoms with Crippen molar-refractivity contribution in [2.45, 2.75) is 32.3 Å². The number of amides is 2. The number of thioether (sulfide) groups is 1. The molecule has 0 fully saturated rings. The third kappa shape index (κ3) is 5.07. The van der Waals surface area contributed by atoms with E-state index in [9.17, 15) is 9.59 Å². The van der Waals surface area contributed by atoms with Crippen LogP contribution in [0.25, 0.3) is 5.78 Å². The largest absolute Gasteiger partial charge is 0.494 e. The molecule has 158 valence electrons. The summed E-state index contributed by atoms with van der Waals surface area (Å²) in [5.41, 5.74) is 2.92. The number of fused-ring (bicyclic) bond motifs is 1. The van der Waals surface area contributed by atoms with Gasteiger partial charge in [0.2, 0.25) is 17.0 Å². The molecule has 0 spiro atoms. The normalized spacial score (nSPS) is 10.8. The van der Waals surface area contributed by atoms with Gasteiger partial charge in [0.15, 0.2) is 0 Å². The smallest absolute Gasteiger partial charge is 0.253 e. The van der Waals surface area contributed by atoms with Gasteiger partial charge in [0, 0.05) is 22.6 Å². The highest BCUT2D eigenvalue weighted by Crippen LogP contribution is 2.17. The summed E-state index contributed by atoms with van der Waals surface area (Å²) in [6.07, 6.45) is 2.00. The van der Waals surface area contributed by atoms with Crippen LogP contribution in [0.1, 0.15) is 23.9 Å². The van der Waals surface area contributed by atoms with Crippen LogP contribution in [0.15, 0.2) is 29.4 Å². The lowest BCUT2D eigenvalue weighted by atomic mass is 10.1. The molecule has 0 unspecified atom stereocenters.